The minimum atomic E-state index is -1.92. The van der Waals surface area contributed by atoms with E-state index in [2.05, 4.69) is 4.98 Å². The van der Waals surface area contributed by atoms with Crippen molar-refractivity contribution in [2.75, 3.05) is 0 Å². The highest BCUT2D eigenvalue weighted by atomic mass is 19.1. The van der Waals surface area contributed by atoms with Crippen molar-refractivity contribution >= 4 is 22.8 Å². The molecule has 2 aromatic heterocycles. The number of fused-ring (bicyclic) bond motifs is 5. The normalized spacial score (nSPS) is 20.3. The fraction of sp³-hybridized carbons (Fsp3) is 0.333. The summed E-state index contributed by atoms with van der Waals surface area (Å²) in [5.74, 6) is -2.95. The fourth-order valence-electron chi connectivity index (χ4n) is 5.59. The number of hydrogen-bond donors (Lipinski definition) is 2. The third-order valence-corrected chi connectivity index (χ3v) is 7.22. The Hall–Kier alpha value is -3.59. The van der Waals surface area contributed by atoms with Crippen LogP contribution in [0.1, 0.15) is 57.9 Å². The molecule has 1 aromatic carbocycles. The monoisotopic (exact) mass is 450 g/mol. The summed E-state index contributed by atoms with van der Waals surface area (Å²) in [4.78, 5) is 42.1. The van der Waals surface area contributed by atoms with E-state index in [0.29, 0.717) is 47.1 Å². The first-order valence-electron chi connectivity index (χ1n) is 10.8. The summed E-state index contributed by atoms with van der Waals surface area (Å²) < 4.78 is 21.4. The number of carboxylic acids is 1. The van der Waals surface area contributed by atoms with Gasteiger partial charge in [-0.3, -0.25) is 4.79 Å². The molecule has 1 aliphatic carbocycles. The quantitative estimate of drug-likeness (QED) is 0.450. The van der Waals surface area contributed by atoms with Crippen LogP contribution >= 0.6 is 0 Å². The topological polar surface area (TPSA) is 119 Å². The molecule has 4 heterocycles. The molecule has 9 heteroatoms. The molecule has 0 bridgehead atoms. The molecule has 3 aromatic rings. The lowest BCUT2D eigenvalue weighted by molar-refractivity contribution is -0.172. The Labute approximate surface area is 186 Å². The van der Waals surface area contributed by atoms with Crippen molar-refractivity contribution in [3.8, 4) is 11.4 Å². The van der Waals surface area contributed by atoms with Crippen LogP contribution in [0.2, 0.25) is 0 Å². The van der Waals surface area contributed by atoms with Gasteiger partial charge in [-0.05, 0) is 42.9 Å². The van der Waals surface area contributed by atoms with Gasteiger partial charge in [-0.1, -0.05) is 6.92 Å². The first-order chi connectivity index (χ1) is 15.8. The van der Waals surface area contributed by atoms with Crippen molar-refractivity contribution < 1.29 is 28.9 Å². The third-order valence-electron chi connectivity index (χ3n) is 7.22. The number of carbonyl (C=O) groups is 2. The molecule has 0 amide bonds. The second-order valence-corrected chi connectivity index (χ2v) is 8.79. The molecule has 168 valence electrons. The number of carboxylic acid groups (broad SMARTS) is 1. The van der Waals surface area contributed by atoms with Gasteiger partial charge in [0.1, 0.15) is 12.4 Å². The molecule has 0 saturated carbocycles. The SMILES string of the molecule is CC[C@@]1(O)C(=O)OCc2c1cc1n(c2=O)Cc2c-1nc1cc(F)c(C(=O)O)c3c1c2CCC3. The number of ether oxygens (including phenoxy) is 1. The van der Waals surface area contributed by atoms with Gasteiger partial charge >= 0.3 is 11.9 Å². The Kier molecular flexibility index (Phi) is 3.93. The van der Waals surface area contributed by atoms with E-state index >= 15 is 0 Å². The van der Waals surface area contributed by atoms with E-state index in [9.17, 15) is 29.0 Å². The van der Waals surface area contributed by atoms with Crippen LogP contribution in [0.5, 0.6) is 0 Å². The van der Waals surface area contributed by atoms with E-state index in [4.69, 9.17) is 4.74 Å². The van der Waals surface area contributed by atoms with Crippen LogP contribution in [0.15, 0.2) is 16.9 Å². The number of hydrogen-bond acceptors (Lipinski definition) is 6. The number of pyridine rings is 2. The van der Waals surface area contributed by atoms with Gasteiger partial charge in [0.15, 0.2) is 5.60 Å². The van der Waals surface area contributed by atoms with Crippen LogP contribution < -0.4 is 5.56 Å². The fourth-order valence-corrected chi connectivity index (χ4v) is 5.59. The molecule has 3 aliphatic rings. The Morgan fingerprint density at radius 2 is 1.97 bits per heavy atom. The third kappa shape index (κ3) is 2.42. The van der Waals surface area contributed by atoms with Gasteiger partial charge in [0.05, 0.1) is 34.6 Å². The van der Waals surface area contributed by atoms with Crippen molar-refractivity contribution in [1.82, 2.24) is 9.55 Å². The smallest absolute Gasteiger partial charge is 0.343 e. The van der Waals surface area contributed by atoms with Gasteiger partial charge < -0.3 is 19.5 Å². The van der Waals surface area contributed by atoms with Crippen LogP contribution in [0.4, 0.5) is 4.39 Å². The summed E-state index contributed by atoms with van der Waals surface area (Å²) in [6, 6.07) is 2.75. The number of nitrogens with zero attached hydrogens (tertiary/aromatic N) is 2. The molecule has 0 saturated heterocycles. The predicted octanol–water partition coefficient (Wildman–Crippen LogP) is 2.41. The van der Waals surface area contributed by atoms with E-state index in [1.807, 2.05) is 0 Å². The molecule has 0 fully saturated rings. The Bertz CT molecular complexity index is 1510. The zero-order valence-corrected chi connectivity index (χ0v) is 17.7. The Morgan fingerprint density at radius 3 is 2.70 bits per heavy atom. The zero-order chi connectivity index (χ0) is 23.2. The number of aliphatic hydroxyl groups is 1. The number of aryl methyl sites for hydroxylation is 2. The molecule has 0 spiro atoms. The molecule has 8 nitrogen and oxygen atoms in total. The molecular formula is C24H19FN2O6. The van der Waals surface area contributed by atoms with E-state index < -0.39 is 23.4 Å². The van der Waals surface area contributed by atoms with Crippen LogP contribution in [0.3, 0.4) is 0 Å². The number of aromatic carboxylic acids is 1. The average Bonchev–Trinajstić information content (AvgIpc) is 3.15. The first kappa shape index (κ1) is 20.0. The average molecular weight is 450 g/mol. The molecule has 0 radical (unpaired) electrons. The van der Waals surface area contributed by atoms with Crippen LogP contribution in [-0.2, 0) is 41.1 Å². The van der Waals surface area contributed by atoms with E-state index in [1.165, 1.54) is 4.57 Å². The second-order valence-electron chi connectivity index (χ2n) is 8.79. The maximum Gasteiger partial charge on any atom is 0.343 e. The van der Waals surface area contributed by atoms with Gasteiger partial charge in [-0.2, -0.15) is 0 Å². The van der Waals surface area contributed by atoms with Gasteiger partial charge in [-0.15, -0.1) is 0 Å². The highest BCUT2D eigenvalue weighted by Crippen LogP contribution is 2.43. The number of aromatic nitrogens is 2. The van der Waals surface area contributed by atoms with Crippen LogP contribution in [0, 0.1) is 5.82 Å². The van der Waals surface area contributed by atoms with Gasteiger partial charge in [0, 0.05) is 22.6 Å². The lowest BCUT2D eigenvalue weighted by atomic mass is 9.84. The molecule has 0 unspecified atom stereocenters. The number of rotatable bonds is 2. The molecule has 1 atom stereocenters. The highest BCUT2D eigenvalue weighted by Gasteiger charge is 2.45. The minimum absolute atomic E-state index is 0.0392. The lowest BCUT2D eigenvalue weighted by Crippen LogP contribution is -2.44. The zero-order valence-electron chi connectivity index (χ0n) is 17.7. The van der Waals surface area contributed by atoms with Gasteiger partial charge in [0.2, 0.25) is 0 Å². The minimum Gasteiger partial charge on any atom is -0.478 e. The van der Waals surface area contributed by atoms with Crippen molar-refractivity contribution in [2.45, 2.75) is 51.4 Å². The summed E-state index contributed by atoms with van der Waals surface area (Å²) >= 11 is 0. The number of carbonyl (C=O) groups excluding carboxylic acids is 1. The molecular weight excluding hydrogens is 431 g/mol. The Morgan fingerprint density at radius 1 is 1.21 bits per heavy atom. The van der Waals surface area contributed by atoms with Crippen LogP contribution in [-0.4, -0.2) is 31.7 Å². The van der Waals surface area contributed by atoms with E-state index in [0.717, 1.165) is 17.2 Å². The van der Waals surface area contributed by atoms with Gasteiger partial charge in [-0.25, -0.2) is 19.0 Å². The maximum absolute atomic E-state index is 14.7. The maximum atomic E-state index is 14.7. The number of esters is 1. The summed E-state index contributed by atoms with van der Waals surface area (Å²) in [6.07, 6.45) is 1.79. The molecule has 2 aliphatic heterocycles. The standard InChI is InChI=1S/C24H19FN2O6/c1-2-24(32)14-6-17-20-12(8-27(17)21(28)13(14)9-33-23(24)31)10-4-3-5-11-18(10)16(26-20)7-15(25)19(11)22(29)30/h6-7,32H,2-5,8-9H2,1H3,(H,29,30)/t24-/m0/s1. The largest absolute Gasteiger partial charge is 0.478 e. The molecule has 33 heavy (non-hydrogen) atoms. The first-order valence-corrected chi connectivity index (χ1v) is 10.8. The molecule has 6 rings (SSSR count). The number of benzene rings is 1. The van der Waals surface area contributed by atoms with Crippen molar-refractivity contribution in [3.05, 3.63) is 61.7 Å². The Balaban J connectivity index is 1.68. The summed E-state index contributed by atoms with van der Waals surface area (Å²) in [5.41, 5.74) is 1.21. The van der Waals surface area contributed by atoms with Gasteiger partial charge in [0.25, 0.3) is 5.56 Å². The van der Waals surface area contributed by atoms with E-state index in [-0.39, 0.29) is 41.8 Å². The summed E-state index contributed by atoms with van der Waals surface area (Å²) in [6.45, 7) is 1.65. The van der Waals surface area contributed by atoms with E-state index in [1.54, 1.807) is 13.0 Å². The highest BCUT2D eigenvalue weighted by molar-refractivity contribution is 6.00. The van der Waals surface area contributed by atoms with Crippen molar-refractivity contribution in [3.63, 3.8) is 0 Å². The number of cyclic esters (lactones) is 1. The summed E-state index contributed by atoms with van der Waals surface area (Å²) in [5, 5.41) is 21.2. The van der Waals surface area contributed by atoms with Crippen molar-refractivity contribution in [2.24, 2.45) is 0 Å². The second kappa shape index (κ2) is 6.48. The van der Waals surface area contributed by atoms with Crippen molar-refractivity contribution in [1.29, 1.82) is 0 Å². The lowest BCUT2D eigenvalue weighted by Gasteiger charge is -2.31. The number of halogens is 1. The van der Waals surface area contributed by atoms with Crippen LogP contribution in [0.25, 0.3) is 22.3 Å². The molecule has 2 N–H and O–H groups in total. The summed E-state index contributed by atoms with van der Waals surface area (Å²) in [7, 11) is 0. The predicted molar refractivity (Wildman–Crippen MR) is 113 cm³/mol.